The predicted octanol–water partition coefficient (Wildman–Crippen LogP) is 5.01. The Bertz CT molecular complexity index is 1510. The van der Waals surface area contributed by atoms with Crippen LogP contribution >= 0.6 is 11.6 Å². The highest BCUT2D eigenvalue weighted by Crippen LogP contribution is 2.51. The Morgan fingerprint density at radius 1 is 1.06 bits per heavy atom. The highest BCUT2D eigenvalue weighted by molar-refractivity contribution is 7.96. The third kappa shape index (κ3) is 3.50. The van der Waals surface area contributed by atoms with Gasteiger partial charge < -0.3 is 10.5 Å². The van der Waals surface area contributed by atoms with E-state index in [-0.39, 0.29) is 28.7 Å². The van der Waals surface area contributed by atoms with Crippen molar-refractivity contribution >= 4 is 33.1 Å². The van der Waals surface area contributed by atoms with Crippen molar-refractivity contribution < 1.29 is 17.5 Å². The van der Waals surface area contributed by atoms with Gasteiger partial charge in [0, 0.05) is 10.6 Å². The lowest BCUT2D eigenvalue weighted by atomic mass is 9.88. The van der Waals surface area contributed by atoms with Gasteiger partial charge in [-0.15, -0.1) is 0 Å². The quantitative estimate of drug-likeness (QED) is 0.553. The van der Waals surface area contributed by atoms with Crippen LogP contribution in [0.15, 0.2) is 89.2 Å². The number of hydrogen-bond acceptors (Lipinski definition) is 5. The summed E-state index contributed by atoms with van der Waals surface area (Å²) < 4.78 is 48.9. The van der Waals surface area contributed by atoms with Crippen LogP contribution in [-0.2, 0) is 21.3 Å². The van der Waals surface area contributed by atoms with Gasteiger partial charge in [-0.25, -0.2) is 12.8 Å². The molecule has 170 valence electrons. The molecule has 1 unspecified atom stereocenters. The fraction of sp³-hybridized carbons (Fsp3) is 0.0800. The number of fused-ring (bicyclic) bond motifs is 2. The van der Waals surface area contributed by atoms with E-state index in [2.05, 4.69) is 0 Å². The summed E-state index contributed by atoms with van der Waals surface area (Å²) in [5.41, 5.74) is 8.09. The molecule has 0 fully saturated rings. The van der Waals surface area contributed by atoms with Gasteiger partial charge in [0.25, 0.3) is 10.0 Å². The highest BCUT2D eigenvalue weighted by Gasteiger charge is 2.47. The zero-order valence-electron chi connectivity index (χ0n) is 17.6. The number of nitrogens with zero attached hydrogens (tertiary/aromatic N) is 2. The molecule has 2 aliphatic heterocycles. The Labute approximate surface area is 201 Å². The second-order valence-corrected chi connectivity index (χ2v) is 10.1. The normalized spacial score (nSPS) is 18.6. The highest BCUT2D eigenvalue weighted by atomic mass is 35.5. The Hall–Kier alpha value is -3.80. The first-order valence-electron chi connectivity index (χ1n) is 10.2. The van der Waals surface area contributed by atoms with Gasteiger partial charge in [-0.05, 0) is 47.5 Å². The summed E-state index contributed by atoms with van der Waals surface area (Å²) in [6.45, 7) is 0.0323. The third-order valence-electron chi connectivity index (χ3n) is 5.80. The standard InChI is InChI=1S/C25H17ClFN3O3S/c26-17-9-5-15(6-10-17)14-30-21-4-2-1-3-19(21)23-24(34(30,31)32)22(20(13-28)25(29)33-23)16-7-11-18(27)12-8-16/h1-12,22H,14,29H2. The van der Waals surface area contributed by atoms with Gasteiger partial charge in [-0.1, -0.05) is 48.0 Å². The van der Waals surface area contributed by atoms with Crippen molar-refractivity contribution in [3.05, 3.63) is 117 Å². The molecule has 0 aromatic heterocycles. The smallest absolute Gasteiger partial charge is 0.265 e. The number of halogens is 2. The number of para-hydroxylation sites is 1. The van der Waals surface area contributed by atoms with Crippen molar-refractivity contribution in [3.63, 3.8) is 0 Å². The van der Waals surface area contributed by atoms with Crippen LogP contribution in [0, 0.1) is 17.1 Å². The van der Waals surface area contributed by atoms with E-state index >= 15 is 0 Å². The Morgan fingerprint density at radius 2 is 1.74 bits per heavy atom. The summed E-state index contributed by atoms with van der Waals surface area (Å²) >= 11 is 6.00. The molecule has 0 saturated heterocycles. The van der Waals surface area contributed by atoms with Crippen LogP contribution in [0.1, 0.15) is 22.6 Å². The average Bonchev–Trinajstić information content (AvgIpc) is 2.82. The van der Waals surface area contributed by atoms with E-state index in [9.17, 15) is 18.1 Å². The molecule has 0 radical (unpaired) electrons. The SMILES string of the molecule is N#CC1=C(N)OC2=C(C1c1ccc(F)cc1)S(=O)(=O)N(Cc1ccc(Cl)cc1)c1ccccc12. The summed E-state index contributed by atoms with van der Waals surface area (Å²) in [6.07, 6.45) is 0. The van der Waals surface area contributed by atoms with Crippen molar-refractivity contribution in [2.75, 3.05) is 4.31 Å². The van der Waals surface area contributed by atoms with Crippen LogP contribution in [0.4, 0.5) is 10.1 Å². The Morgan fingerprint density at radius 3 is 2.41 bits per heavy atom. The molecule has 0 spiro atoms. The van der Waals surface area contributed by atoms with Gasteiger partial charge in [0.2, 0.25) is 5.88 Å². The fourth-order valence-electron chi connectivity index (χ4n) is 4.22. The van der Waals surface area contributed by atoms with Crippen LogP contribution < -0.4 is 10.0 Å². The second-order valence-electron chi connectivity index (χ2n) is 7.83. The molecule has 0 saturated carbocycles. The lowest BCUT2D eigenvalue weighted by Crippen LogP contribution is -2.39. The van der Waals surface area contributed by atoms with Crippen molar-refractivity contribution in [2.45, 2.75) is 12.5 Å². The maximum Gasteiger partial charge on any atom is 0.265 e. The molecular weight excluding hydrogens is 477 g/mol. The molecule has 1 atom stereocenters. The van der Waals surface area contributed by atoms with Gasteiger partial charge in [0.15, 0.2) is 5.76 Å². The van der Waals surface area contributed by atoms with E-state index < -0.39 is 21.8 Å². The first-order valence-corrected chi connectivity index (χ1v) is 12.1. The van der Waals surface area contributed by atoms with Crippen LogP contribution in [0.25, 0.3) is 5.76 Å². The number of hydrogen-bond donors (Lipinski definition) is 1. The topological polar surface area (TPSA) is 96.4 Å². The van der Waals surface area contributed by atoms with E-state index in [0.29, 0.717) is 21.8 Å². The minimum Gasteiger partial charge on any atom is -0.439 e. The average molecular weight is 494 g/mol. The Kier molecular flexibility index (Phi) is 5.31. The zero-order valence-corrected chi connectivity index (χ0v) is 19.1. The summed E-state index contributed by atoms with van der Waals surface area (Å²) in [5, 5.41) is 10.4. The molecule has 9 heteroatoms. The third-order valence-corrected chi connectivity index (χ3v) is 7.94. The number of anilines is 1. The molecule has 0 amide bonds. The van der Waals surface area contributed by atoms with E-state index in [0.717, 1.165) is 5.56 Å². The molecule has 0 bridgehead atoms. The lowest BCUT2D eigenvalue weighted by Gasteiger charge is -2.38. The molecule has 2 N–H and O–H groups in total. The number of ether oxygens (including phenoxy) is 1. The minimum absolute atomic E-state index is 0.0323. The van der Waals surface area contributed by atoms with Crippen molar-refractivity contribution in [1.82, 2.24) is 0 Å². The van der Waals surface area contributed by atoms with E-state index in [4.69, 9.17) is 22.1 Å². The fourth-order valence-corrected chi connectivity index (χ4v) is 6.26. The predicted molar refractivity (Wildman–Crippen MR) is 127 cm³/mol. The van der Waals surface area contributed by atoms with Crippen LogP contribution in [-0.4, -0.2) is 8.42 Å². The number of allylic oxidation sites excluding steroid dienone is 2. The van der Waals surface area contributed by atoms with E-state index in [1.807, 2.05) is 6.07 Å². The first-order chi connectivity index (χ1) is 16.3. The summed E-state index contributed by atoms with van der Waals surface area (Å²) in [7, 11) is -4.20. The molecule has 34 heavy (non-hydrogen) atoms. The maximum atomic E-state index is 14.1. The Balaban J connectivity index is 1.75. The van der Waals surface area contributed by atoms with Crippen molar-refractivity contribution in [1.29, 1.82) is 5.26 Å². The molecular formula is C25H17ClFN3O3S. The number of nitriles is 1. The van der Waals surface area contributed by atoms with Gasteiger partial charge in [0.1, 0.15) is 22.4 Å². The van der Waals surface area contributed by atoms with Crippen LogP contribution in [0.3, 0.4) is 0 Å². The minimum atomic E-state index is -4.20. The zero-order chi connectivity index (χ0) is 24.0. The van der Waals surface area contributed by atoms with Crippen molar-refractivity contribution in [2.24, 2.45) is 5.73 Å². The monoisotopic (exact) mass is 493 g/mol. The molecule has 2 aliphatic rings. The van der Waals surface area contributed by atoms with Gasteiger partial charge in [0.05, 0.1) is 18.2 Å². The summed E-state index contributed by atoms with van der Waals surface area (Å²) in [5.74, 6) is -1.66. The molecule has 5 rings (SSSR count). The van der Waals surface area contributed by atoms with Gasteiger partial charge in [-0.2, -0.15) is 5.26 Å². The molecule has 3 aromatic carbocycles. The first kappa shape index (κ1) is 22.0. The number of rotatable bonds is 3. The van der Waals surface area contributed by atoms with Gasteiger partial charge >= 0.3 is 0 Å². The molecule has 6 nitrogen and oxygen atoms in total. The number of sulfonamides is 1. The number of nitrogens with two attached hydrogens (primary N) is 1. The molecule has 0 aliphatic carbocycles. The summed E-state index contributed by atoms with van der Waals surface area (Å²) in [4.78, 5) is -0.113. The second kappa shape index (κ2) is 8.20. The number of benzene rings is 3. The van der Waals surface area contributed by atoms with Crippen LogP contribution in [0.5, 0.6) is 0 Å². The van der Waals surface area contributed by atoms with Crippen molar-refractivity contribution in [3.8, 4) is 6.07 Å². The van der Waals surface area contributed by atoms with Gasteiger partial charge in [-0.3, -0.25) is 4.31 Å². The van der Waals surface area contributed by atoms with E-state index in [1.54, 1.807) is 48.5 Å². The summed E-state index contributed by atoms with van der Waals surface area (Å²) in [6, 6.07) is 21.1. The largest absolute Gasteiger partial charge is 0.439 e. The lowest BCUT2D eigenvalue weighted by molar-refractivity contribution is 0.357. The molecule has 2 heterocycles. The van der Waals surface area contributed by atoms with E-state index in [1.165, 1.54) is 28.6 Å². The van der Waals surface area contributed by atoms with Crippen LogP contribution in [0.2, 0.25) is 5.02 Å². The molecule has 3 aromatic rings. The maximum absolute atomic E-state index is 14.1.